The lowest BCUT2D eigenvalue weighted by atomic mass is 10.0. The van der Waals surface area contributed by atoms with Crippen LogP contribution in [0.3, 0.4) is 0 Å². The monoisotopic (exact) mass is 304 g/mol. The lowest BCUT2D eigenvalue weighted by Gasteiger charge is -2.35. The van der Waals surface area contributed by atoms with Gasteiger partial charge in [-0.3, -0.25) is 9.48 Å². The number of piperidine rings is 1. The topological polar surface area (TPSA) is 51.0 Å². The summed E-state index contributed by atoms with van der Waals surface area (Å²) in [7, 11) is 0. The number of aromatic nitrogens is 3. The Morgan fingerprint density at radius 3 is 2.95 bits per heavy atom. The Balaban J connectivity index is 1.78. The molecule has 1 fully saturated rings. The smallest absolute Gasteiger partial charge is 0.266 e. The average Bonchev–Trinajstić information content (AvgIpc) is 3.07. The fourth-order valence-corrected chi connectivity index (χ4v) is 3.64. The van der Waals surface area contributed by atoms with Crippen molar-refractivity contribution in [2.24, 2.45) is 0 Å². The third-order valence-electron chi connectivity index (χ3n) is 3.99. The molecule has 0 spiro atoms. The van der Waals surface area contributed by atoms with Crippen molar-refractivity contribution in [2.75, 3.05) is 6.54 Å². The van der Waals surface area contributed by atoms with Crippen molar-refractivity contribution in [2.45, 2.75) is 45.7 Å². The highest BCUT2D eigenvalue weighted by Crippen LogP contribution is 2.23. The molecule has 21 heavy (non-hydrogen) atoms. The summed E-state index contributed by atoms with van der Waals surface area (Å²) in [6.45, 7) is 5.55. The van der Waals surface area contributed by atoms with Crippen molar-refractivity contribution in [3.8, 4) is 0 Å². The molecule has 6 heteroatoms. The highest BCUT2D eigenvalue weighted by Gasteiger charge is 2.29. The average molecular weight is 304 g/mol. The van der Waals surface area contributed by atoms with Crippen molar-refractivity contribution in [1.82, 2.24) is 19.7 Å². The van der Waals surface area contributed by atoms with E-state index in [1.165, 1.54) is 17.8 Å². The van der Waals surface area contributed by atoms with E-state index >= 15 is 0 Å². The number of rotatable bonds is 3. The summed E-state index contributed by atoms with van der Waals surface area (Å²) in [6, 6.07) is 0.229. The summed E-state index contributed by atoms with van der Waals surface area (Å²) in [4.78, 5) is 19.7. The van der Waals surface area contributed by atoms with E-state index in [-0.39, 0.29) is 11.9 Å². The Kier molecular flexibility index (Phi) is 4.05. The van der Waals surface area contributed by atoms with Crippen molar-refractivity contribution >= 4 is 17.2 Å². The molecule has 0 aromatic carbocycles. The lowest BCUT2D eigenvalue weighted by molar-refractivity contribution is 0.0588. The summed E-state index contributed by atoms with van der Waals surface area (Å²) in [5.74, 6) is 0.128. The molecule has 2 aromatic heterocycles. The highest BCUT2D eigenvalue weighted by atomic mass is 32.1. The van der Waals surface area contributed by atoms with Gasteiger partial charge in [-0.25, -0.2) is 4.98 Å². The van der Waals surface area contributed by atoms with Crippen LogP contribution < -0.4 is 0 Å². The zero-order valence-electron chi connectivity index (χ0n) is 12.5. The van der Waals surface area contributed by atoms with Gasteiger partial charge in [0.2, 0.25) is 0 Å². The molecule has 2 aromatic rings. The van der Waals surface area contributed by atoms with E-state index in [9.17, 15) is 4.79 Å². The first kappa shape index (κ1) is 14.3. The second-order valence-corrected chi connectivity index (χ2v) is 6.51. The largest absolute Gasteiger partial charge is 0.333 e. The van der Waals surface area contributed by atoms with Crippen LogP contribution in [0, 0.1) is 13.8 Å². The molecule has 5 nitrogen and oxygen atoms in total. The van der Waals surface area contributed by atoms with Crippen LogP contribution in [0.15, 0.2) is 17.9 Å². The second kappa shape index (κ2) is 5.97. The number of hydrogen-bond acceptors (Lipinski definition) is 4. The van der Waals surface area contributed by atoms with Crippen molar-refractivity contribution in [1.29, 1.82) is 0 Å². The normalized spacial score (nSPS) is 19.0. The minimum absolute atomic E-state index is 0.128. The fraction of sp³-hybridized carbons (Fsp3) is 0.533. The first-order chi connectivity index (χ1) is 10.1. The van der Waals surface area contributed by atoms with Gasteiger partial charge in [-0.2, -0.15) is 5.10 Å². The van der Waals surface area contributed by atoms with E-state index in [1.54, 1.807) is 5.51 Å². The Morgan fingerprint density at radius 2 is 2.29 bits per heavy atom. The van der Waals surface area contributed by atoms with Crippen LogP contribution in [0.2, 0.25) is 0 Å². The fourth-order valence-electron chi connectivity index (χ4n) is 2.88. The summed E-state index contributed by atoms with van der Waals surface area (Å²) < 4.78 is 1.95. The molecule has 0 saturated carbocycles. The van der Waals surface area contributed by atoms with E-state index < -0.39 is 0 Å². The van der Waals surface area contributed by atoms with E-state index in [0.29, 0.717) is 0 Å². The zero-order chi connectivity index (χ0) is 14.8. The standard InChI is InChI=1S/C15H20N4OS/c1-11-7-17-18(8-11)9-13-5-3-4-6-19(13)15(20)14-12(2)16-10-21-14/h7-8,10,13H,3-6,9H2,1-2H3/t13-/m1/s1. The summed E-state index contributed by atoms with van der Waals surface area (Å²) in [6.07, 6.45) is 7.20. The third-order valence-corrected chi connectivity index (χ3v) is 4.90. The number of amides is 1. The van der Waals surface area contributed by atoms with Gasteiger partial charge in [0.15, 0.2) is 0 Å². The van der Waals surface area contributed by atoms with Crippen molar-refractivity contribution in [3.05, 3.63) is 34.0 Å². The molecule has 1 saturated heterocycles. The van der Waals surface area contributed by atoms with Crippen LogP contribution in [0.25, 0.3) is 0 Å². The van der Waals surface area contributed by atoms with Crippen LogP contribution in [-0.4, -0.2) is 38.2 Å². The highest BCUT2D eigenvalue weighted by molar-refractivity contribution is 7.11. The van der Waals surface area contributed by atoms with Gasteiger partial charge < -0.3 is 4.90 Å². The van der Waals surface area contributed by atoms with Gasteiger partial charge >= 0.3 is 0 Å². The van der Waals surface area contributed by atoms with Crippen LogP contribution in [0.4, 0.5) is 0 Å². The molecule has 112 valence electrons. The Morgan fingerprint density at radius 1 is 1.43 bits per heavy atom. The summed E-state index contributed by atoms with van der Waals surface area (Å²) in [5.41, 5.74) is 3.74. The van der Waals surface area contributed by atoms with E-state index in [0.717, 1.165) is 42.1 Å². The molecule has 1 amide bonds. The van der Waals surface area contributed by atoms with Crippen molar-refractivity contribution < 1.29 is 4.79 Å². The Bertz CT molecular complexity index is 633. The first-order valence-electron chi connectivity index (χ1n) is 7.35. The van der Waals surface area contributed by atoms with Gasteiger partial charge in [0.05, 0.1) is 30.0 Å². The van der Waals surface area contributed by atoms with Crippen molar-refractivity contribution in [3.63, 3.8) is 0 Å². The van der Waals surface area contributed by atoms with Crippen LogP contribution in [0.1, 0.15) is 40.2 Å². The molecule has 3 rings (SSSR count). The zero-order valence-corrected chi connectivity index (χ0v) is 13.3. The maximum absolute atomic E-state index is 12.8. The first-order valence-corrected chi connectivity index (χ1v) is 8.23. The molecular formula is C15H20N4OS. The van der Waals surface area contributed by atoms with Crippen LogP contribution in [0.5, 0.6) is 0 Å². The quantitative estimate of drug-likeness (QED) is 0.876. The van der Waals surface area contributed by atoms with Gasteiger partial charge in [-0.05, 0) is 38.7 Å². The molecule has 0 unspecified atom stereocenters. The lowest BCUT2D eigenvalue weighted by Crippen LogP contribution is -2.45. The molecule has 1 aliphatic rings. The number of carbonyl (C=O) groups excluding carboxylic acids is 1. The molecule has 0 bridgehead atoms. The summed E-state index contributed by atoms with van der Waals surface area (Å²) in [5, 5.41) is 4.35. The molecule has 0 N–H and O–H groups in total. The van der Waals surface area contributed by atoms with Crippen LogP contribution >= 0.6 is 11.3 Å². The Labute approximate surface area is 128 Å². The molecule has 1 aliphatic heterocycles. The van der Waals surface area contributed by atoms with E-state index in [2.05, 4.69) is 10.1 Å². The maximum Gasteiger partial charge on any atom is 0.266 e. The van der Waals surface area contributed by atoms with Gasteiger partial charge in [0, 0.05) is 12.7 Å². The van der Waals surface area contributed by atoms with Gasteiger partial charge in [0.25, 0.3) is 5.91 Å². The number of likely N-dealkylation sites (tertiary alicyclic amines) is 1. The Hall–Kier alpha value is -1.69. The number of thiazole rings is 1. The molecule has 1 atom stereocenters. The SMILES string of the molecule is Cc1cnn(C[C@H]2CCCCN2C(=O)c2scnc2C)c1. The minimum atomic E-state index is 0.128. The van der Waals surface area contributed by atoms with Crippen LogP contribution in [-0.2, 0) is 6.54 Å². The van der Waals surface area contributed by atoms with E-state index in [1.807, 2.05) is 35.8 Å². The number of hydrogen-bond donors (Lipinski definition) is 0. The molecule has 0 radical (unpaired) electrons. The number of aryl methyl sites for hydroxylation is 2. The second-order valence-electron chi connectivity index (χ2n) is 5.65. The maximum atomic E-state index is 12.8. The van der Waals surface area contributed by atoms with Gasteiger partial charge in [-0.15, -0.1) is 11.3 Å². The van der Waals surface area contributed by atoms with Gasteiger partial charge in [-0.1, -0.05) is 0 Å². The minimum Gasteiger partial charge on any atom is -0.333 e. The third kappa shape index (κ3) is 3.00. The molecular weight excluding hydrogens is 284 g/mol. The summed E-state index contributed by atoms with van der Waals surface area (Å²) >= 11 is 1.44. The molecule has 0 aliphatic carbocycles. The number of carbonyl (C=O) groups is 1. The van der Waals surface area contributed by atoms with E-state index in [4.69, 9.17) is 0 Å². The van der Waals surface area contributed by atoms with Gasteiger partial charge in [0.1, 0.15) is 4.88 Å². The number of nitrogens with zero attached hydrogens (tertiary/aromatic N) is 4. The predicted octanol–water partition coefficient (Wildman–Crippen LogP) is 2.65. The predicted molar refractivity (Wildman–Crippen MR) is 82.5 cm³/mol. The molecule has 3 heterocycles.